The van der Waals surface area contributed by atoms with E-state index in [0.717, 1.165) is 31.4 Å². The number of hydrogen-bond donors (Lipinski definition) is 1. The lowest BCUT2D eigenvalue weighted by Crippen LogP contribution is -2.48. The summed E-state index contributed by atoms with van der Waals surface area (Å²) in [6.45, 7) is 4.30. The third-order valence-electron chi connectivity index (χ3n) is 4.08. The lowest BCUT2D eigenvalue weighted by molar-refractivity contribution is -0.133. The smallest absolute Gasteiger partial charge is 0.244 e. The average molecular weight is 278 g/mol. The van der Waals surface area contributed by atoms with E-state index >= 15 is 0 Å². The molecule has 19 heavy (non-hydrogen) atoms. The number of aromatic nitrogens is 2. The first-order chi connectivity index (χ1) is 9.27. The topological polar surface area (TPSA) is 58.1 Å². The number of nitrogens with one attached hydrogen (secondary N) is 1. The van der Waals surface area contributed by atoms with Gasteiger partial charge in [-0.2, -0.15) is 0 Å². The summed E-state index contributed by atoms with van der Waals surface area (Å²) in [5.74, 6) is 0.199. The summed E-state index contributed by atoms with van der Waals surface area (Å²) < 4.78 is 3.91. The predicted molar refractivity (Wildman–Crippen MR) is 73.5 cm³/mol. The van der Waals surface area contributed by atoms with Crippen molar-refractivity contribution in [3.05, 3.63) is 23.7 Å². The van der Waals surface area contributed by atoms with Crippen LogP contribution in [0.5, 0.6) is 0 Å². The predicted octanol–water partition coefficient (Wildman–Crippen LogP) is 1.86. The maximum Gasteiger partial charge on any atom is 0.244 e. The van der Waals surface area contributed by atoms with Gasteiger partial charge in [-0.1, -0.05) is 29.8 Å². The minimum Gasteiger partial charge on any atom is -0.316 e. The van der Waals surface area contributed by atoms with Crippen LogP contribution in [-0.2, 0) is 4.79 Å². The summed E-state index contributed by atoms with van der Waals surface area (Å²) in [6, 6.07) is 0. The molecule has 6 heteroatoms. The van der Waals surface area contributed by atoms with Crippen LogP contribution in [0.15, 0.2) is 18.0 Å². The second-order valence-electron chi connectivity index (χ2n) is 5.27. The third-order valence-corrected chi connectivity index (χ3v) is 4.61. The van der Waals surface area contributed by atoms with Crippen LogP contribution >= 0.6 is 11.5 Å². The van der Waals surface area contributed by atoms with E-state index in [-0.39, 0.29) is 17.6 Å². The molecule has 102 valence electrons. The Morgan fingerprint density at radius 3 is 2.95 bits per heavy atom. The van der Waals surface area contributed by atoms with Gasteiger partial charge in [-0.25, -0.2) is 0 Å². The number of hydrogen-bond acceptors (Lipinski definition) is 5. The first kappa shape index (κ1) is 12.7. The Labute approximate surface area is 116 Å². The lowest BCUT2D eigenvalue weighted by Gasteiger charge is -2.31. The zero-order valence-corrected chi connectivity index (χ0v) is 11.7. The number of amides is 1. The van der Waals surface area contributed by atoms with Crippen molar-refractivity contribution >= 4 is 17.4 Å². The Morgan fingerprint density at radius 1 is 1.53 bits per heavy atom. The Kier molecular flexibility index (Phi) is 3.36. The Morgan fingerprint density at radius 2 is 2.32 bits per heavy atom. The lowest BCUT2D eigenvalue weighted by atomic mass is 9.81. The number of carbonyl (C=O) groups is 1. The van der Waals surface area contributed by atoms with E-state index in [9.17, 15) is 4.79 Å². The van der Waals surface area contributed by atoms with Gasteiger partial charge in [0.2, 0.25) is 5.91 Å². The van der Waals surface area contributed by atoms with Gasteiger partial charge in [-0.3, -0.25) is 10.1 Å². The Bertz CT molecular complexity index is 467. The number of rotatable bonds is 3. The Balaban J connectivity index is 1.91. The van der Waals surface area contributed by atoms with E-state index in [4.69, 9.17) is 0 Å². The molecule has 0 radical (unpaired) electrons. The van der Waals surface area contributed by atoms with Crippen LogP contribution in [0, 0.1) is 0 Å². The van der Waals surface area contributed by atoms with Crippen LogP contribution in [0.3, 0.4) is 0 Å². The molecule has 1 aromatic heterocycles. The van der Waals surface area contributed by atoms with E-state index in [2.05, 4.69) is 21.5 Å². The monoisotopic (exact) mass is 278 g/mol. The van der Waals surface area contributed by atoms with E-state index in [1.807, 2.05) is 10.3 Å². The van der Waals surface area contributed by atoms with Gasteiger partial charge in [0.25, 0.3) is 0 Å². The van der Waals surface area contributed by atoms with Crippen LogP contribution in [-0.4, -0.2) is 32.5 Å². The van der Waals surface area contributed by atoms with Gasteiger partial charge in [-0.15, -0.1) is 11.7 Å². The molecule has 0 bridgehead atoms. The van der Waals surface area contributed by atoms with Gasteiger partial charge >= 0.3 is 0 Å². The first-order valence-corrected chi connectivity index (χ1v) is 7.57. The molecule has 1 saturated carbocycles. The Hall–Kier alpha value is -1.27. The van der Waals surface area contributed by atoms with Crippen LogP contribution in [0.25, 0.3) is 0 Å². The fourth-order valence-electron chi connectivity index (χ4n) is 3.16. The standard InChI is InChI=1S/C13H18N4OS/c1-2-8-17-11(10-9-19-16-15-10)14-13(12(17)18)6-4-3-5-7-13/h2,9,11,14H,1,3-8H2. The average Bonchev–Trinajstić information content (AvgIpc) is 3.03. The minimum atomic E-state index is -0.379. The normalized spacial score (nSPS) is 26.0. The molecule has 0 aromatic carbocycles. The highest BCUT2D eigenvalue weighted by molar-refractivity contribution is 7.03. The van der Waals surface area contributed by atoms with Crippen molar-refractivity contribution in [3.8, 4) is 0 Å². The highest BCUT2D eigenvalue weighted by Crippen LogP contribution is 2.39. The summed E-state index contributed by atoms with van der Waals surface area (Å²) >= 11 is 1.32. The highest BCUT2D eigenvalue weighted by atomic mass is 32.1. The van der Waals surface area contributed by atoms with Gasteiger partial charge in [0.15, 0.2) is 0 Å². The van der Waals surface area contributed by atoms with E-state index < -0.39 is 0 Å². The molecule has 2 fully saturated rings. The number of carbonyl (C=O) groups excluding carboxylic acids is 1. The van der Waals surface area contributed by atoms with Crippen molar-refractivity contribution < 1.29 is 4.79 Å². The van der Waals surface area contributed by atoms with Gasteiger partial charge < -0.3 is 4.90 Å². The van der Waals surface area contributed by atoms with Crippen LogP contribution in [0.4, 0.5) is 0 Å². The summed E-state index contributed by atoms with van der Waals surface area (Å²) in [6.07, 6.45) is 6.92. The van der Waals surface area contributed by atoms with E-state index in [1.54, 1.807) is 6.08 Å². The van der Waals surface area contributed by atoms with Crippen molar-refractivity contribution in [1.29, 1.82) is 0 Å². The van der Waals surface area contributed by atoms with Crippen LogP contribution in [0.2, 0.25) is 0 Å². The van der Waals surface area contributed by atoms with Gasteiger partial charge in [0.05, 0.1) is 5.54 Å². The molecule has 2 heterocycles. The van der Waals surface area contributed by atoms with Crippen LogP contribution < -0.4 is 5.32 Å². The maximum atomic E-state index is 12.7. The molecule has 2 aliphatic rings. The van der Waals surface area contributed by atoms with E-state index in [1.165, 1.54) is 18.0 Å². The van der Waals surface area contributed by atoms with Crippen molar-refractivity contribution in [1.82, 2.24) is 19.8 Å². The SMILES string of the molecule is C=CCN1C(=O)C2(CCCCC2)NC1c1csnn1. The molecular formula is C13H18N4OS. The molecule has 1 aromatic rings. The van der Waals surface area contributed by atoms with Crippen molar-refractivity contribution in [3.63, 3.8) is 0 Å². The molecule has 1 aliphatic carbocycles. The summed E-state index contributed by atoms with van der Waals surface area (Å²) in [4.78, 5) is 14.6. The third kappa shape index (κ3) is 2.08. The molecule has 1 unspecified atom stereocenters. The second kappa shape index (κ2) is 5.02. The highest BCUT2D eigenvalue weighted by Gasteiger charge is 2.51. The quantitative estimate of drug-likeness (QED) is 0.857. The molecule has 1 amide bonds. The maximum absolute atomic E-state index is 12.7. The molecule has 1 aliphatic heterocycles. The van der Waals surface area contributed by atoms with E-state index in [0.29, 0.717) is 6.54 Å². The van der Waals surface area contributed by atoms with Gasteiger partial charge in [-0.05, 0) is 24.4 Å². The van der Waals surface area contributed by atoms with Crippen molar-refractivity contribution in [2.45, 2.75) is 43.8 Å². The molecular weight excluding hydrogens is 260 g/mol. The minimum absolute atomic E-state index is 0.151. The molecule has 1 atom stereocenters. The molecule has 1 spiro atoms. The largest absolute Gasteiger partial charge is 0.316 e. The fraction of sp³-hybridized carbons (Fsp3) is 0.615. The van der Waals surface area contributed by atoms with Crippen molar-refractivity contribution in [2.24, 2.45) is 0 Å². The van der Waals surface area contributed by atoms with Crippen LogP contribution in [0.1, 0.15) is 44.0 Å². The molecule has 5 nitrogen and oxygen atoms in total. The summed E-state index contributed by atoms with van der Waals surface area (Å²) in [7, 11) is 0. The first-order valence-electron chi connectivity index (χ1n) is 6.73. The zero-order valence-electron chi connectivity index (χ0n) is 10.8. The number of nitrogens with zero attached hydrogens (tertiary/aromatic N) is 3. The van der Waals surface area contributed by atoms with Gasteiger partial charge in [0.1, 0.15) is 11.9 Å². The van der Waals surface area contributed by atoms with Gasteiger partial charge in [0, 0.05) is 11.9 Å². The zero-order chi connectivity index (χ0) is 13.3. The molecule has 3 rings (SSSR count). The fourth-order valence-corrected chi connectivity index (χ4v) is 3.63. The molecule has 1 saturated heterocycles. The molecule has 1 N–H and O–H groups in total. The summed E-state index contributed by atoms with van der Waals surface area (Å²) in [5, 5.41) is 9.55. The van der Waals surface area contributed by atoms with Crippen molar-refractivity contribution in [2.75, 3.05) is 6.54 Å². The summed E-state index contributed by atoms with van der Waals surface area (Å²) in [5.41, 5.74) is 0.456. The second-order valence-corrected chi connectivity index (χ2v) is 5.88.